The highest BCUT2D eigenvalue weighted by Gasteiger charge is 2.08. The average molecular weight is 212 g/mol. The third kappa shape index (κ3) is 6.49. The Bertz CT molecular complexity index is 266. The van der Waals surface area contributed by atoms with Gasteiger partial charge in [0.2, 0.25) is 0 Å². The molecule has 0 atom stereocenters. The quantitative estimate of drug-likeness (QED) is 0.304. The molecule has 0 aliphatic heterocycles. The minimum absolute atomic E-state index is 0.431. The van der Waals surface area contributed by atoms with Gasteiger partial charge in [0, 0.05) is 11.6 Å². The van der Waals surface area contributed by atoms with E-state index in [9.17, 15) is 9.59 Å². The zero-order chi connectivity index (χ0) is 11.7. The summed E-state index contributed by atoms with van der Waals surface area (Å²) in [5, 5.41) is 0. The van der Waals surface area contributed by atoms with Gasteiger partial charge in [-0.05, 0) is 13.3 Å². The van der Waals surface area contributed by atoms with Gasteiger partial charge in [0.1, 0.15) is 0 Å². The molecule has 0 radical (unpaired) electrons. The number of carbonyl (C=O) groups excluding carboxylic acids is 2. The highest BCUT2D eigenvalue weighted by atomic mass is 17.2. The van der Waals surface area contributed by atoms with E-state index in [0.717, 1.165) is 25.3 Å². The molecule has 0 heterocycles. The van der Waals surface area contributed by atoms with Crippen LogP contribution < -0.4 is 0 Å². The molecule has 0 aromatic rings. The van der Waals surface area contributed by atoms with Gasteiger partial charge < -0.3 is 0 Å². The van der Waals surface area contributed by atoms with Gasteiger partial charge in [-0.2, -0.15) is 0 Å². The molecule has 0 unspecified atom stereocenters. The lowest BCUT2D eigenvalue weighted by atomic mass is 10.2. The van der Waals surface area contributed by atoms with Gasteiger partial charge in [-0.15, -0.1) is 0 Å². The molecular formula is C11H16O4. The van der Waals surface area contributed by atoms with Crippen molar-refractivity contribution in [1.29, 1.82) is 0 Å². The van der Waals surface area contributed by atoms with Crippen molar-refractivity contribution in [1.82, 2.24) is 0 Å². The first-order chi connectivity index (χ1) is 7.11. The lowest BCUT2D eigenvalue weighted by molar-refractivity contribution is -0.251. The molecule has 0 aromatic heterocycles. The fourth-order valence-corrected chi connectivity index (χ4v) is 0.785. The van der Waals surface area contributed by atoms with Crippen molar-refractivity contribution < 1.29 is 19.4 Å². The van der Waals surface area contributed by atoms with Crippen molar-refractivity contribution in [3.05, 3.63) is 24.3 Å². The lowest BCUT2D eigenvalue weighted by Gasteiger charge is -2.00. The summed E-state index contributed by atoms with van der Waals surface area (Å²) in [6, 6.07) is 0. The van der Waals surface area contributed by atoms with Crippen LogP contribution in [0.25, 0.3) is 0 Å². The van der Waals surface area contributed by atoms with E-state index in [1.54, 1.807) is 13.0 Å². The van der Waals surface area contributed by atoms with Crippen molar-refractivity contribution in [3.8, 4) is 0 Å². The molecule has 0 bridgehead atoms. The van der Waals surface area contributed by atoms with E-state index in [0.29, 0.717) is 5.57 Å². The molecule has 0 N–H and O–H groups in total. The van der Waals surface area contributed by atoms with Gasteiger partial charge >= 0.3 is 11.9 Å². The van der Waals surface area contributed by atoms with Crippen molar-refractivity contribution in [2.45, 2.75) is 33.1 Å². The van der Waals surface area contributed by atoms with Crippen molar-refractivity contribution in [3.63, 3.8) is 0 Å². The maximum absolute atomic E-state index is 11.2. The Morgan fingerprint density at radius 1 is 1.33 bits per heavy atom. The van der Waals surface area contributed by atoms with Crippen LogP contribution in [0.3, 0.4) is 0 Å². The van der Waals surface area contributed by atoms with Gasteiger partial charge in [-0.25, -0.2) is 19.4 Å². The smallest absolute Gasteiger partial charge is 0.242 e. The standard InChI is InChI=1S/C11H16O4/c1-4-6-7-8-9(3)11(13)15-14-10(12)5-2/h5,8H,2,4,6-7H2,1,3H3/b9-8+. The van der Waals surface area contributed by atoms with Crippen LogP contribution in [0.1, 0.15) is 33.1 Å². The zero-order valence-corrected chi connectivity index (χ0v) is 9.12. The van der Waals surface area contributed by atoms with E-state index >= 15 is 0 Å². The molecule has 0 saturated heterocycles. The van der Waals surface area contributed by atoms with E-state index in [-0.39, 0.29) is 0 Å². The van der Waals surface area contributed by atoms with Gasteiger partial charge in [0.05, 0.1) is 0 Å². The molecule has 0 aromatic carbocycles. The van der Waals surface area contributed by atoms with Crippen LogP contribution in [-0.2, 0) is 19.4 Å². The van der Waals surface area contributed by atoms with Crippen molar-refractivity contribution >= 4 is 11.9 Å². The summed E-state index contributed by atoms with van der Waals surface area (Å²) in [6.45, 7) is 6.84. The fourth-order valence-electron chi connectivity index (χ4n) is 0.785. The van der Waals surface area contributed by atoms with E-state index in [1.165, 1.54) is 0 Å². The maximum atomic E-state index is 11.2. The van der Waals surface area contributed by atoms with E-state index in [2.05, 4.69) is 23.3 Å². The van der Waals surface area contributed by atoms with Crippen LogP contribution in [0.4, 0.5) is 0 Å². The number of unbranched alkanes of at least 4 members (excludes halogenated alkanes) is 2. The molecular weight excluding hydrogens is 196 g/mol. The molecule has 0 fully saturated rings. The van der Waals surface area contributed by atoms with Crippen LogP contribution >= 0.6 is 0 Å². The summed E-state index contributed by atoms with van der Waals surface area (Å²) in [6.07, 6.45) is 5.56. The Kier molecular flexibility index (Phi) is 6.97. The Labute approximate surface area is 89.5 Å². The first-order valence-electron chi connectivity index (χ1n) is 4.83. The second-order valence-corrected chi connectivity index (χ2v) is 3.01. The number of hydrogen-bond donors (Lipinski definition) is 0. The summed E-state index contributed by atoms with van der Waals surface area (Å²) in [7, 11) is 0. The first-order valence-corrected chi connectivity index (χ1v) is 4.83. The summed E-state index contributed by atoms with van der Waals surface area (Å²) < 4.78 is 0. The molecule has 84 valence electrons. The van der Waals surface area contributed by atoms with Crippen LogP contribution in [0.5, 0.6) is 0 Å². The van der Waals surface area contributed by atoms with E-state index in [1.807, 2.05) is 0 Å². The highest BCUT2D eigenvalue weighted by Crippen LogP contribution is 2.03. The highest BCUT2D eigenvalue weighted by molar-refractivity contribution is 5.88. The summed E-state index contributed by atoms with van der Waals surface area (Å²) in [5.41, 5.74) is 0.431. The van der Waals surface area contributed by atoms with Gasteiger partial charge in [-0.3, -0.25) is 0 Å². The average Bonchev–Trinajstić information content (AvgIpc) is 2.25. The third-order valence-corrected chi connectivity index (χ3v) is 1.70. The van der Waals surface area contributed by atoms with E-state index in [4.69, 9.17) is 0 Å². The summed E-state index contributed by atoms with van der Waals surface area (Å²) >= 11 is 0. The van der Waals surface area contributed by atoms with Gasteiger partial charge in [0.25, 0.3) is 0 Å². The topological polar surface area (TPSA) is 52.6 Å². The van der Waals surface area contributed by atoms with E-state index < -0.39 is 11.9 Å². The molecule has 4 heteroatoms. The van der Waals surface area contributed by atoms with Crippen molar-refractivity contribution in [2.75, 3.05) is 0 Å². The molecule has 0 aliphatic rings. The molecule has 0 aliphatic carbocycles. The molecule has 0 spiro atoms. The minimum Gasteiger partial charge on any atom is -0.242 e. The SMILES string of the molecule is C=CC(=O)OOC(=O)/C(C)=C/CCCC. The Morgan fingerprint density at radius 2 is 2.00 bits per heavy atom. The normalized spacial score (nSPS) is 10.7. The predicted octanol–water partition coefficient (Wildman–Crippen LogP) is 2.31. The monoisotopic (exact) mass is 212 g/mol. The number of allylic oxidation sites excluding steroid dienone is 1. The molecule has 15 heavy (non-hydrogen) atoms. The molecule has 0 rings (SSSR count). The summed E-state index contributed by atoms with van der Waals surface area (Å²) in [5.74, 6) is -1.44. The first kappa shape index (κ1) is 13.4. The van der Waals surface area contributed by atoms with Gasteiger partial charge in [0.15, 0.2) is 0 Å². The zero-order valence-electron chi connectivity index (χ0n) is 9.12. The lowest BCUT2D eigenvalue weighted by Crippen LogP contribution is -2.10. The van der Waals surface area contributed by atoms with Crippen LogP contribution in [0, 0.1) is 0 Å². The Morgan fingerprint density at radius 3 is 2.53 bits per heavy atom. The Hall–Kier alpha value is -1.58. The number of carbonyl (C=O) groups is 2. The molecule has 0 amide bonds. The Balaban J connectivity index is 3.93. The second kappa shape index (κ2) is 7.79. The van der Waals surface area contributed by atoms with Crippen LogP contribution in [0.2, 0.25) is 0 Å². The molecule has 0 saturated carbocycles. The van der Waals surface area contributed by atoms with Crippen LogP contribution in [-0.4, -0.2) is 11.9 Å². The minimum atomic E-state index is -0.787. The largest absolute Gasteiger partial charge is 0.381 e. The van der Waals surface area contributed by atoms with Crippen LogP contribution in [0.15, 0.2) is 24.3 Å². The fraction of sp³-hybridized carbons (Fsp3) is 0.455. The van der Waals surface area contributed by atoms with Gasteiger partial charge in [-0.1, -0.05) is 32.4 Å². The molecule has 4 nitrogen and oxygen atoms in total. The number of hydrogen-bond acceptors (Lipinski definition) is 4. The number of rotatable bonds is 5. The summed E-state index contributed by atoms with van der Waals surface area (Å²) in [4.78, 5) is 30.1. The maximum Gasteiger partial charge on any atom is 0.381 e. The second-order valence-electron chi connectivity index (χ2n) is 3.01. The third-order valence-electron chi connectivity index (χ3n) is 1.70. The predicted molar refractivity (Wildman–Crippen MR) is 55.7 cm³/mol. The van der Waals surface area contributed by atoms with Crippen molar-refractivity contribution in [2.24, 2.45) is 0 Å².